The number of pyridine rings is 1. The highest BCUT2D eigenvalue weighted by Gasteiger charge is 2.48. The predicted molar refractivity (Wildman–Crippen MR) is 100 cm³/mol. The fourth-order valence-corrected chi connectivity index (χ4v) is 3.72. The molecule has 5 nitrogen and oxygen atoms in total. The monoisotopic (exact) mass is 399 g/mol. The van der Waals surface area contributed by atoms with Crippen molar-refractivity contribution in [3.05, 3.63) is 76.4 Å². The largest absolute Gasteiger partial charge is 0.497 e. The zero-order valence-electron chi connectivity index (χ0n) is 14.8. The average Bonchev–Trinajstić information content (AvgIpc) is 2.72. The molecule has 2 aliphatic rings. The topological polar surface area (TPSA) is 65.5 Å². The van der Waals surface area contributed by atoms with Crippen LogP contribution in [0.15, 0.2) is 59.7 Å². The van der Waals surface area contributed by atoms with Crippen molar-refractivity contribution in [3.63, 3.8) is 0 Å². The van der Waals surface area contributed by atoms with Crippen LogP contribution in [0.4, 0.5) is 4.39 Å². The summed E-state index contributed by atoms with van der Waals surface area (Å²) in [7, 11) is 1.58. The number of fused-ring (bicyclic) bond motifs is 2. The number of methoxy groups -OCH3 is 1. The molecule has 0 amide bonds. The summed E-state index contributed by atoms with van der Waals surface area (Å²) in [5.41, 5.74) is 0.986. The maximum Gasteiger partial charge on any atom is 0.176 e. The number of hydrogen-bond acceptors (Lipinski definition) is 5. The van der Waals surface area contributed by atoms with Gasteiger partial charge in [-0.05, 0) is 29.8 Å². The normalized spacial score (nSPS) is 20.7. The Balaban J connectivity index is 1.67. The van der Waals surface area contributed by atoms with Crippen LogP contribution in [0.5, 0.6) is 11.5 Å². The number of carbonyl (C=O) groups excluding carboxylic acids is 2. The Kier molecular flexibility index (Phi) is 4.73. The number of rotatable bonds is 4. The highest BCUT2D eigenvalue weighted by molar-refractivity contribution is 6.34. The summed E-state index contributed by atoms with van der Waals surface area (Å²) >= 11 is 6.14. The molecule has 0 radical (unpaired) electrons. The molecule has 7 heteroatoms. The number of aromatic nitrogens is 1. The summed E-state index contributed by atoms with van der Waals surface area (Å²) in [6, 6.07) is 7.23. The van der Waals surface area contributed by atoms with Gasteiger partial charge in [-0.2, -0.15) is 0 Å². The molecular formula is C21H15ClFNO4. The highest BCUT2D eigenvalue weighted by atomic mass is 35.5. The second kappa shape index (κ2) is 7.20. The van der Waals surface area contributed by atoms with Crippen LogP contribution < -0.4 is 9.47 Å². The number of ether oxygens (including phenoxy) is 2. The van der Waals surface area contributed by atoms with E-state index in [0.717, 1.165) is 11.6 Å². The minimum atomic E-state index is -1.24. The van der Waals surface area contributed by atoms with E-state index in [9.17, 15) is 14.0 Å². The Morgan fingerprint density at radius 3 is 2.54 bits per heavy atom. The Morgan fingerprint density at radius 1 is 1.07 bits per heavy atom. The van der Waals surface area contributed by atoms with Gasteiger partial charge in [0, 0.05) is 11.2 Å². The number of carbonyl (C=O) groups is 2. The van der Waals surface area contributed by atoms with E-state index in [4.69, 9.17) is 21.1 Å². The molecule has 0 saturated carbocycles. The molecule has 2 aromatic rings. The van der Waals surface area contributed by atoms with Crippen molar-refractivity contribution in [2.24, 2.45) is 11.8 Å². The summed E-state index contributed by atoms with van der Waals surface area (Å²) in [5.74, 6) is -3.08. The first kappa shape index (κ1) is 18.4. The number of Topliss-reactive ketones (excluding diaryl/α,β-unsaturated/α-hetero) is 2. The van der Waals surface area contributed by atoms with Crippen LogP contribution in [-0.4, -0.2) is 23.7 Å². The fourth-order valence-electron chi connectivity index (χ4n) is 3.44. The Labute approximate surface area is 165 Å². The van der Waals surface area contributed by atoms with Crippen LogP contribution in [0.2, 0.25) is 0 Å². The van der Waals surface area contributed by atoms with E-state index in [1.165, 1.54) is 18.5 Å². The molecule has 2 aliphatic carbocycles. The number of halogens is 2. The lowest BCUT2D eigenvalue weighted by Crippen LogP contribution is -2.38. The van der Waals surface area contributed by atoms with Crippen LogP contribution in [-0.2, 0) is 6.61 Å². The number of ketones is 2. The maximum atomic E-state index is 14.3. The number of allylic oxidation sites excluding steroid dienone is 4. The quantitative estimate of drug-likeness (QED) is 0.768. The van der Waals surface area contributed by atoms with Gasteiger partial charge in [-0.1, -0.05) is 23.7 Å². The number of hydrogen-bond donors (Lipinski definition) is 0. The van der Waals surface area contributed by atoms with E-state index >= 15 is 0 Å². The van der Waals surface area contributed by atoms with Crippen molar-refractivity contribution < 1.29 is 23.5 Å². The second-order valence-electron chi connectivity index (χ2n) is 6.48. The van der Waals surface area contributed by atoms with Crippen molar-refractivity contribution in [2.45, 2.75) is 6.61 Å². The SMILES string of the molecule is COc1ccc(COc2cncc3c2C(=O)C2C(Cl)=CC=C(F)C2C3=O)cc1. The van der Waals surface area contributed by atoms with Gasteiger partial charge in [-0.15, -0.1) is 0 Å². The summed E-state index contributed by atoms with van der Waals surface area (Å²) in [5, 5.41) is 0.133. The molecule has 1 heterocycles. The molecule has 1 aromatic heterocycles. The second-order valence-corrected chi connectivity index (χ2v) is 6.92. The Hall–Kier alpha value is -2.99. The molecule has 0 fully saturated rings. The minimum Gasteiger partial charge on any atom is -0.497 e. The van der Waals surface area contributed by atoms with Crippen LogP contribution in [0, 0.1) is 11.8 Å². The van der Waals surface area contributed by atoms with Gasteiger partial charge in [0.2, 0.25) is 0 Å². The summed E-state index contributed by atoms with van der Waals surface area (Å²) in [4.78, 5) is 29.9. The number of benzene rings is 1. The molecule has 142 valence electrons. The lowest BCUT2D eigenvalue weighted by molar-refractivity contribution is 0.0769. The van der Waals surface area contributed by atoms with Crippen molar-refractivity contribution in [3.8, 4) is 11.5 Å². The van der Waals surface area contributed by atoms with Crippen molar-refractivity contribution >= 4 is 23.2 Å². The van der Waals surface area contributed by atoms with Gasteiger partial charge in [0.25, 0.3) is 0 Å². The van der Waals surface area contributed by atoms with Gasteiger partial charge in [-0.3, -0.25) is 14.6 Å². The van der Waals surface area contributed by atoms with Crippen LogP contribution >= 0.6 is 11.6 Å². The first-order valence-electron chi connectivity index (χ1n) is 8.56. The summed E-state index contributed by atoms with van der Waals surface area (Å²) < 4.78 is 25.2. The molecule has 0 N–H and O–H groups in total. The van der Waals surface area contributed by atoms with Gasteiger partial charge in [0.05, 0.1) is 36.3 Å². The number of nitrogens with zero attached hydrogens (tertiary/aromatic N) is 1. The molecule has 0 bridgehead atoms. The molecule has 2 unspecified atom stereocenters. The zero-order chi connectivity index (χ0) is 19.8. The minimum absolute atomic E-state index is 0.0494. The van der Waals surface area contributed by atoms with Crippen LogP contribution in [0.25, 0.3) is 0 Å². The summed E-state index contributed by atoms with van der Waals surface area (Å²) in [6.45, 7) is 0.162. The van der Waals surface area contributed by atoms with Crippen molar-refractivity contribution in [1.29, 1.82) is 0 Å². The molecule has 1 aromatic carbocycles. The van der Waals surface area contributed by atoms with Gasteiger partial charge in [-0.25, -0.2) is 4.39 Å². The first-order chi connectivity index (χ1) is 13.5. The molecule has 0 aliphatic heterocycles. The Bertz CT molecular complexity index is 1030. The highest BCUT2D eigenvalue weighted by Crippen LogP contribution is 2.44. The molecule has 0 spiro atoms. The third kappa shape index (κ3) is 2.99. The maximum absolute atomic E-state index is 14.3. The van der Waals surface area contributed by atoms with E-state index in [2.05, 4.69) is 4.98 Å². The van der Waals surface area contributed by atoms with Crippen LogP contribution in [0.3, 0.4) is 0 Å². The zero-order valence-corrected chi connectivity index (χ0v) is 15.6. The van der Waals surface area contributed by atoms with Gasteiger partial charge < -0.3 is 9.47 Å². The smallest absolute Gasteiger partial charge is 0.176 e. The molecular weight excluding hydrogens is 385 g/mol. The summed E-state index contributed by atoms with van der Waals surface area (Å²) in [6.07, 6.45) is 5.08. The molecule has 4 rings (SSSR count). The van der Waals surface area contributed by atoms with E-state index in [-0.39, 0.29) is 28.5 Å². The Morgan fingerprint density at radius 2 is 1.82 bits per heavy atom. The van der Waals surface area contributed by atoms with Crippen LogP contribution in [0.1, 0.15) is 26.3 Å². The van der Waals surface area contributed by atoms with Crippen molar-refractivity contribution in [2.75, 3.05) is 7.11 Å². The van der Waals surface area contributed by atoms with Crippen molar-refractivity contribution in [1.82, 2.24) is 4.98 Å². The van der Waals surface area contributed by atoms with E-state index in [1.807, 2.05) is 12.1 Å². The van der Waals surface area contributed by atoms with Gasteiger partial charge >= 0.3 is 0 Å². The third-order valence-electron chi connectivity index (χ3n) is 4.87. The standard InChI is InChI=1S/C21H15ClFNO4/c1-27-12-4-2-11(3-5-12)10-28-16-9-24-8-13-17(16)21(26)18-14(22)6-7-15(23)19(18)20(13)25/h2-9,18-19H,10H2,1H3. The molecule has 2 atom stereocenters. The fraction of sp³-hybridized carbons (Fsp3) is 0.190. The van der Waals surface area contributed by atoms with E-state index in [1.54, 1.807) is 19.2 Å². The van der Waals surface area contributed by atoms with Gasteiger partial charge in [0.15, 0.2) is 11.6 Å². The van der Waals surface area contributed by atoms with E-state index < -0.39 is 29.2 Å². The molecule has 28 heavy (non-hydrogen) atoms. The first-order valence-corrected chi connectivity index (χ1v) is 8.94. The lowest BCUT2D eigenvalue weighted by atomic mass is 9.72. The van der Waals surface area contributed by atoms with E-state index in [0.29, 0.717) is 5.75 Å². The molecule has 0 saturated heterocycles. The lowest BCUT2D eigenvalue weighted by Gasteiger charge is -2.31. The van der Waals surface area contributed by atoms with Gasteiger partial charge in [0.1, 0.15) is 23.9 Å². The third-order valence-corrected chi connectivity index (χ3v) is 5.23. The average molecular weight is 400 g/mol. The predicted octanol–water partition coefficient (Wildman–Crippen LogP) is 4.27.